The summed E-state index contributed by atoms with van der Waals surface area (Å²) in [6.45, 7) is 0. The molecule has 0 unspecified atom stereocenters. The first-order valence-electron chi connectivity index (χ1n) is 7.95. The molecule has 0 aliphatic carbocycles. The Morgan fingerprint density at radius 2 is 1.46 bits per heavy atom. The molecule has 4 nitrogen and oxygen atoms in total. The van der Waals surface area contributed by atoms with Gasteiger partial charge in [-0.3, -0.25) is 0 Å². The number of halogens is 2. The third-order valence-electron chi connectivity index (χ3n) is 4.70. The highest BCUT2D eigenvalue weighted by Gasteiger charge is 2.18. The first-order valence-corrected chi connectivity index (χ1v) is 8.71. The topological polar surface area (TPSA) is 72.0 Å². The molecule has 4 N–H and O–H groups in total. The standard InChI is InChI=1S/C20H12Cl2N2O2/c21-15-4-10(26)5-16(22)20(15)11-6-18-19(14-8-23-7-13(11)14)12-3-9(25)1-2-17(12)24-18/h1-8,23-26H. The van der Waals surface area contributed by atoms with Crippen molar-refractivity contribution in [2.75, 3.05) is 0 Å². The Kier molecular flexibility index (Phi) is 3.17. The average molecular weight is 383 g/mol. The molecule has 3 aromatic carbocycles. The molecular formula is C20H12Cl2N2O2. The minimum Gasteiger partial charge on any atom is -0.508 e. The molecule has 5 aromatic rings. The van der Waals surface area contributed by atoms with Crippen LogP contribution < -0.4 is 0 Å². The van der Waals surface area contributed by atoms with Crippen LogP contribution in [0.25, 0.3) is 43.7 Å². The number of hydrogen-bond acceptors (Lipinski definition) is 2. The second-order valence-electron chi connectivity index (χ2n) is 6.27. The molecule has 5 rings (SSSR count). The van der Waals surface area contributed by atoms with Crippen molar-refractivity contribution in [3.63, 3.8) is 0 Å². The quantitative estimate of drug-likeness (QED) is 0.279. The van der Waals surface area contributed by atoms with Crippen molar-refractivity contribution in [1.29, 1.82) is 0 Å². The highest BCUT2D eigenvalue weighted by Crippen LogP contribution is 2.44. The Labute approximate surface area is 157 Å². The lowest BCUT2D eigenvalue weighted by molar-refractivity contribution is 0.475. The summed E-state index contributed by atoms with van der Waals surface area (Å²) in [5.41, 5.74) is 3.37. The molecule has 0 bridgehead atoms. The number of benzene rings is 3. The van der Waals surface area contributed by atoms with E-state index in [0.29, 0.717) is 15.6 Å². The number of aromatic hydroxyl groups is 2. The van der Waals surface area contributed by atoms with Gasteiger partial charge < -0.3 is 20.2 Å². The minimum absolute atomic E-state index is 0.0243. The van der Waals surface area contributed by atoms with Gasteiger partial charge in [0.25, 0.3) is 0 Å². The predicted molar refractivity (Wildman–Crippen MR) is 106 cm³/mol. The van der Waals surface area contributed by atoms with Gasteiger partial charge in [0, 0.05) is 50.5 Å². The second kappa shape index (κ2) is 5.34. The Bertz CT molecular complexity index is 1310. The average Bonchev–Trinajstić information content (AvgIpc) is 3.17. The van der Waals surface area contributed by atoms with E-state index in [1.54, 1.807) is 12.1 Å². The van der Waals surface area contributed by atoms with Crippen LogP contribution in [-0.2, 0) is 0 Å². The van der Waals surface area contributed by atoms with Crippen molar-refractivity contribution in [2.45, 2.75) is 0 Å². The molecule has 2 aromatic heterocycles. The van der Waals surface area contributed by atoms with Crippen molar-refractivity contribution < 1.29 is 10.2 Å². The van der Waals surface area contributed by atoms with Crippen molar-refractivity contribution in [3.8, 4) is 22.6 Å². The maximum atomic E-state index is 9.88. The van der Waals surface area contributed by atoms with Crippen LogP contribution in [0.2, 0.25) is 10.0 Å². The van der Waals surface area contributed by atoms with E-state index >= 15 is 0 Å². The molecule has 26 heavy (non-hydrogen) atoms. The van der Waals surface area contributed by atoms with Crippen LogP contribution in [0.4, 0.5) is 0 Å². The molecule has 0 fully saturated rings. The zero-order valence-electron chi connectivity index (χ0n) is 13.3. The third kappa shape index (κ3) is 2.09. The number of aromatic nitrogens is 2. The first kappa shape index (κ1) is 15.4. The van der Waals surface area contributed by atoms with Gasteiger partial charge >= 0.3 is 0 Å². The minimum atomic E-state index is 0.0243. The lowest BCUT2D eigenvalue weighted by Crippen LogP contribution is -1.85. The number of phenolic OH excluding ortho intramolecular Hbond substituents is 2. The van der Waals surface area contributed by atoms with Crippen molar-refractivity contribution in [2.24, 2.45) is 0 Å². The van der Waals surface area contributed by atoms with Gasteiger partial charge in [-0.25, -0.2) is 0 Å². The van der Waals surface area contributed by atoms with Gasteiger partial charge in [0.15, 0.2) is 0 Å². The molecule has 2 heterocycles. The Morgan fingerprint density at radius 3 is 2.23 bits per heavy atom. The van der Waals surface area contributed by atoms with E-state index in [1.807, 2.05) is 24.5 Å². The van der Waals surface area contributed by atoms with E-state index in [1.165, 1.54) is 12.1 Å². The number of fused-ring (bicyclic) bond motifs is 5. The van der Waals surface area contributed by atoms with Crippen LogP contribution in [0.5, 0.6) is 11.5 Å². The number of hydrogen-bond donors (Lipinski definition) is 4. The number of H-pyrrole nitrogens is 2. The van der Waals surface area contributed by atoms with Gasteiger partial charge in [-0.15, -0.1) is 0 Å². The van der Waals surface area contributed by atoms with Gasteiger partial charge in [-0.05, 0) is 42.0 Å². The monoisotopic (exact) mass is 382 g/mol. The largest absolute Gasteiger partial charge is 0.508 e. The zero-order chi connectivity index (χ0) is 18.0. The second-order valence-corrected chi connectivity index (χ2v) is 7.08. The predicted octanol–water partition coefficient (Wildman–Crippen LogP) is 6.19. The fraction of sp³-hybridized carbons (Fsp3) is 0. The molecule has 0 radical (unpaired) electrons. The van der Waals surface area contributed by atoms with Crippen LogP contribution in [-0.4, -0.2) is 20.2 Å². The lowest BCUT2D eigenvalue weighted by Gasteiger charge is -2.10. The Balaban J connectivity index is 1.96. The summed E-state index contributed by atoms with van der Waals surface area (Å²) >= 11 is 12.8. The van der Waals surface area contributed by atoms with Gasteiger partial charge in [0.1, 0.15) is 11.5 Å². The summed E-state index contributed by atoms with van der Waals surface area (Å²) in [6.07, 6.45) is 3.81. The molecule has 0 saturated carbocycles. The summed E-state index contributed by atoms with van der Waals surface area (Å²) in [5.74, 6) is 0.243. The van der Waals surface area contributed by atoms with Crippen LogP contribution >= 0.6 is 23.2 Å². The Morgan fingerprint density at radius 1 is 0.731 bits per heavy atom. The summed E-state index contributed by atoms with van der Waals surface area (Å²) in [6, 6.07) is 10.2. The van der Waals surface area contributed by atoms with E-state index in [4.69, 9.17) is 23.2 Å². The molecule has 0 aliphatic heterocycles. The van der Waals surface area contributed by atoms with Gasteiger partial charge in [-0.2, -0.15) is 0 Å². The number of nitrogens with one attached hydrogen (secondary N) is 2. The summed E-state index contributed by atoms with van der Waals surface area (Å²) in [4.78, 5) is 6.53. The highest BCUT2D eigenvalue weighted by molar-refractivity contribution is 6.40. The van der Waals surface area contributed by atoms with Gasteiger partial charge in [0.05, 0.1) is 10.0 Å². The molecule has 0 atom stereocenters. The first-order chi connectivity index (χ1) is 12.5. The zero-order valence-corrected chi connectivity index (χ0v) is 14.8. The number of rotatable bonds is 1. The lowest BCUT2D eigenvalue weighted by atomic mass is 9.97. The number of phenols is 2. The molecule has 0 spiro atoms. The third-order valence-corrected chi connectivity index (χ3v) is 5.30. The molecule has 0 amide bonds. The SMILES string of the molecule is Oc1cc(Cl)c(-c2cc3[nH]c4ccc(O)cc4c3c3c[nH]cc23)c(Cl)c1. The summed E-state index contributed by atoms with van der Waals surface area (Å²) in [5, 5.41) is 24.3. The Hall–Kier alpha value is -2.82. The van der Waals surface area contributed by atoms with Crippen LogP contribution in [0.15, 0.2) is 48.8 Å². The van der Waals surface area contributed by atoms with E-state index in [9.17, 15) is 10.2 Å². The van der Waals surface area contributed by atoms with Crippen molar-refractivity contribution >= 4 is 55.8 Å². The van der Waals surface area contributed by atoms with Crippen LogP contribution in [0, 0.1) is 0 Å². The van der Waals surface area contributed by atoms with E-state index in [0.717, 1.165) is 38.1 Å². The maximum absolute atomic E-state index is 9.88. The van der Waals surface area contributed by atoms with Crippen LogP contribution in [0.1, 0.15) is 0 Å². The summed E-state index contributed by atoms with van der Waals surface area (Å²) < 4.78 is 0. The number of aromatic amines is 2. The highest BCUT2D eigenvalue weighted by atomic mass is 35.5. The van der Waals surface area contributed by atoms with E-state index < -0.39 is 0 Å². The molecule has 0 saturated heterocycles. The molecular weight excluding hydrogens is 371 g/mol. The maximum Gasteiger partial charge on any atom is 0.118 e. The molecule has 0 aliphatic rings. The normalized spacial score (nSPS) is 11.8. The van der Waals surface area contributed by atoms with E-state index in [2.05, 4.69) is 9.97 Å². The van der Waals surface area contributed by atoms with E-state index in [-0.39, 0.29) is 11.5 Å². The van der Waals surface area contributed by atoms with Crippen LogP contribution in [0.3, 0.4) is 0 Å². The van der Waals surface area contributed by atoms with Gasteiger partial charge in [0.2, 0.25) is 0 Å². The molecule has 128 valence electrons. The van der Waals surface area contributed by atoms with Crippen molar-refractivity contribution in [1.82, 2.24) is 9.97 Å². The summed E-state index contributed by atoms with van der Waals surface area (Å²) in [7, 11) is 0. The molecule has 6 heteroatoms. The fourth-order valence-electron chi connectivity index (χ4n) is 3.64. The van der Waals surface area contributed by atoms with Gasteiger partial charge in [-0.1, -0.05) is 23.2 Å². The fourth-order valence-corrected chi connectivity index (χ4v) is 4.32. The smallest absolute Gasteiger partial charge is 0.118 e. The van der Waals surface area contributed by atoms with Crippen molar-refractivity contribution in [3.05, 3.63) is 58.8 Å².